The van der Waals surface area contributed by atoms with E-state index >= 15 is 0 Å². The summed E-state index contributed by atoms with van der Waals surface area (Å²) >= 11 is 5.92. The predicted octanol–water partition coefficient (Wildman–Crippen LogP) is 2.13. The third kappa shape index (κ3) is 2.93. The molecule has 116 valence electrons. The van der Waals surface area contributed by atoms with Crippen molar-refractivity contribution in [2.45, 2.75) is 38.8 Å². The van der Waals surface area contributed by atoms with Crippen molar-refractivity contribution >= 4 is 17.5 Å². The first-order valence-electron chi connectivity index (χ1n) is 7.20. The van der Waals surface area contributed by atoms with Gasteiger partial charge in [-0.15, -0.1) is 0 Å². The van der Waals surface area contributed by atoms with E-state index in [2.05, 4.69) is 0 Å². The molecule has 0 saturated carbocycles. The van der Waals surface area contributed by atoms with Gasteiger partial charge in [0.1, 0.15) is 0 Å². The van der Waals surface area contributed by atoms with Crippen LogP contribution < -0.4 is 5.73 Å². The summed E-state index contributed by atoms with van der Waals surface area (Å²) in [4.78, 5) is 13.8. The summed E-state index contributed by atoms with van der Waals surface area (Å²) in [6, 6.07) is 6.76. The average Bonchev–Trinajstić information content (AvgIpc) is 2.41. The second kappa shape index (κ2) is 5.59. The van der Waals surface area contributed by atoms with Gasteiger partial charge in [0.15, 0.2) is 0 Å². The number of carbonyl (C=O) groups excluding carboxylic acids is 1. The van der Waals surface area contributed by atoms with Crippen molar-refractivity contribution in [3.8, 4) is 0 Å². The number of carbonyl (C=O) groups is 1. The Morgan fingerprint density at radius 3 is 2.43 bits per heavy atom. The molecule has 0 bridgehead atoms. The fourth-order valence-electron chi connectivity index (χ4n) is 3.06. The number of halogens is 1. The Hall–Kier alpha value is -1.10. The van der Waals surface area contributed by atoms with Crippen molar-refractivity contribution in [1.29, 1.82) is 0 Å². The molecule has 0 unspecified atom stereocenters. The molecule has 1 aromatic carbocycles. The minimum atomic E-state index is -0.980. The molecule has 2 atom stereocenters. The van der Waals surface area contributed by atoms with Crippen LogP contribution in [0.15, 0.2) is 24.3 Å². The van der Waals surface area contributed by atoms with E-state index in [1.54, 1.807) is 24.0 Å². The smallest absolute Gasteiger partial charge is 0.239 e. The molecule has 1 aliphatic rings. The molecular formula is C16H23ClN2O2. The van der Waals surface area contributed by atoms with Gasteiger partial charge in [-0.25, -0.2) is 0 Å². The zero-order chi connectivity index (χ0) is 15.8. The minimum absolute atomic E-state index is 0.0683. The maximum atomic E-state index is 12.1. The van der Waals surface area contributed by atoms with E-state index < -0.39 is 17.1 Å². The zero-order valence-electron chi connectivity index (χ0n) is 12.8. The third-order valence-electron chi connectivity index (χ3n) is 4.47. The number of hydrogen-bond acceptors (Lipinski definition) is 3. The largest absolute Gasteiger partial charge is 0.384 e. The van der Waals surface area contributed by atoms with Crippen LogP contribution in [-0.2, 0) is 10.4 Å². The second-order valence-corrected chi connectivity index (χ2v) is 6.99. The van der Waals surface area contributed by atoms with E-state index in [-0.39, 0.29) is 5.91 Å². The fourth-order valence-corrected chi connectivity index (χ4v) is 3.18. The Morgan fingerprint density at radius 2 is 1.95 bits per heavy atom. The highest BCUT2D eigenvalue weighted by Crippen LogP contribution is 2.46. The molecule has 0 spiro atoms. The normalized spacial score (nSPS) is 26.5. The molecule has 1 aromatic rings. The van der Waals surface area contributed by atoms with Gasteiger partial charge in [0.25, 0.3) is 0 Å². The van der Waals surface area contributed by atoms with Gasteiger partial charge in [-0.1, -0.05) is 37.6 Å². The van der Waals surface area contributed by atoms with Crippen LogP contribution in [0.3, 0.4) is 0 Å². The van der Waals surface area contributed by atoms with Gasteiger partial charge in [-0.05, 0) is 31.0 Å². The Kier molecular flexibility index (Phi) is 4.34. The van der Waals surface area contributed by atoms with Gasteiger partial charge in [0.05, 0.1) is 11.6 Å². The quantitative estimate of drug-likeness (QED) is 0.879. The summed E-state index contributed by atoms with van der Waals surface area (Å²) in [6.45, 7) is 6.62. The van der Waals surface area contributed by atoms with E-state index in [4.69, 9.17) is 17.3 Å². The van der Waals surface area contributed by atoms with E-state index in [0.717, 1.165) is 5.56 Å². The first-order valence-corrected chi connectivity index (χ1v) is 7.58. The summed E-state index contributed by atoms with van der Waals surface area (Å²) in [7, 11) is 0. The van der Waals surface area contributed by atoms with E-state index in [1.165, 1.54) is 0 Å². The zero-order valence-corrected chi connectivity index (χ0v) is 13.5. The molecule has 4 nitrogen and oxygen atoms in total. The molecule has 1 fully saturated rings. The van der Waals surface area contributed by atoms with Crippen LogP contribution in [-0.4, -0.2) is 35.0 Å². The highest BCUT2D eigenvalue weighted by molar-refractivity contribution is 6.30. The van der Waals surface area contributed by atoms with Crippen LogP contribution in [0.2, 0.25) is 5.02 Å². The fraction of sp³-hybridized carbons (Fsp3) is 0.562. The highest BCUT2D eigenvalue weighted by atomic mass is 35.5. The Morgan fingerprint density at radius 1 is 1.38 bits per heavy atom. The Bertz CT molecular complexity index is 528. The van der Waals surface area contributed by atoms with Crippen LogP contribution in [0.5, 0.6) is 0 Å². The van der Waals surface area contributed by atoms with Crippen molar-refractivity contribution in [3.63, 3.8) is 0 Å². The van der Waals surface area contributed by atoms with E-state index in [0.29, 0.717) is 24.5 Å². The molecule has 1 aliphatic heterocycles. The van der Waals surface area contributed by atoms with Crippen LogP contribution in [0.4, 0.5) is 0 Å². The van der Waals surface area contributed by atoms with E-state index in [9.17, 15) is 9.90 Å². The number of nitrogens with two attached hydrogens (primary N) is 1. The lowest BCUT2D eigenvalue weighted by Crippen LogP contribution is -2.58. The van der Waals surface area contributed by atoms with Crippen molar-refractivity contribution in [2.24, 2.45) is 11.1 Å². The molecule has 5 heteroatoms. The molecule has 3 N–H and O–H groups in total. The molecular weight excluding hydrogens is 288 g/mol. The molecule has 21 heavy (non-hydrogen) atoms. The Labute approximate surface area is 130 Å². The number of nitrogens with zero attached hydrogens (tertiary/aromatic N) is 1. The molecule has 1 saturated heterocycles. The first kappa shape index (κ1) is 16.3. The van der Waals surface area contributed by atoms with Gasteiger partial charge in [0.2, 0.25) is 5.91 Å². The van der Waals surface area contributed by atoms with Gasteiger partial charge in [-0.2, -0.15) is 0 Å². The summed E-state index contributed by atoms with van der Waals surface area (Å²) < 4.78 is 0. The monoisotopic (exact) mass is 310 g/mol. The van der Waals surface area contributed by atoms with Crippen molar-refractivity contribution in [2.75, 3.05) is 13.1 Å². The lowest BCUT2D eigenvalue weighted by Gasteiger charge is -2.50. The van der Waals surface area contributed by atoms with Gasteiger partial charge in [-0.3, -0.25) is 4.79 Å². The minimum Gasteiger partial charge on any atom is -0.384 e. The van der Waals surface area contributed by atoms with Gasteiger partial charge >= 0.3 is 0 Å². The van der Waals surface area contributed by atoms with Gasteiger partial charge < -0.3 is 15.7 Å². The number of amides is 1. The van der Waals surface area contributed by atoms with Crippen molar-refractivity contribution < 1.29 is 9.90 Å². The predicted molar refractivity (Wildman–Crippen MR) is 84.0 cm³/mol. The number of likely N-dealkylation sites (tertiary alicyclic amines) is 1. The molecule has 1 amide bonds. The topological polar surface area (TPSA) is 66.6 Å². The number of piperidine rings is 1. The maximum absolute atomic E-state index is 12.1. The van der Waals surface area contributed by atoms with Gasteiger partial charge in [0, 0.05) is 23.5 Å². The molecule has 0 aliphatic carbocycles. The molecule has 2 rings (SSSR count). The standard InChI is InChI=1S/C16H23ClN2O2/c1-11(18)14(20)19-9-8-16(21,15(2,3)10-19)12-4-6-13(17)7-5-12/h4-7,11,21H,8-10,18H2,1-3H3/t11-,16+/m1/s1. The number of aliphatic hydroxyl groups is 1. The summed E-state index contributed by atoms with van der Waals surface area (Å²) in [5.74, 6) is -0.0683. The van der Waals surface area contributed by atoms with Crippen LogP contribution in [0.1, 0.15) is 32.8 Å². The lowest BCUT2D eigenvalue weighted by molar-refractivity contribution is -0.153. The first-order chi connectivity index (χ1) is 9.67. The van der Waals surface area contributed by atoms with Crippen molar-refractivity contribution in [3.05, 3.63) is 34.9 Å². The van der Waals surface area contributed by atoms with Crippen LogP contribution in [0, 0.1) is 5.41 Å². The van der Waals surface area contributed by atoms with Crippen LogP contribution >= 0.6 is 11.6 Å². The van der Waals surface area contributed by atoms with Crippen LogP contribution in [0.25, 0.3) is 0 Å². The molecule has 1 heterocycles. The summed E-state index contributed by atoms with van der Waals surface area (Å²) in [5.41, 5.74) is 5.07. The number of benzene rings is 1. The number of hydrogen-bond donors (Lipinski definition) is 2. The average molecular weight is 311 g/mol. The SMILES string of the molecule is C[C@@H](N)C(=O)N1CC[C@](O)(c2ccc(Cl)cc2)C(C)(C)C1. The third-order valence-corrected chi connectivity index (χ3v) is 4.72. The molecule has 0 aromatic heterocycles. The Balaban J connectivity index is 2.27. The lowest BCUT2D eigenvalue weighted by atomic mass is 9.66. The number of rotatable bonds is 2. The summed E-state index contributed by atoms with van der Waals surface area (Å²) in [6.07, 6.45) is 0.486. The maximum Gasteiger partial charge on any atom is 0.239 e. The molecule has 0 radical (unpaired) electrons. The van der Waals surface area contributed by atoms with E-state index in [1.807, 2.05) is 26.0 Å². The second-order valence-electron chi connectivity index (χ2n) is 6.55. The highest BCUT2D eigenvalue weighted by Gasteiger charge is 2.49. The summed E-state index contributed by atoms with van der Waals surface area (Å²) in [5, 5.41) is 11.8. The van der Waals surface area contributed by atoms with Crippen molar-refractivity contribution in [1.82, 2.24) is 4.90 Å².